The molecular weight excluding hydrogens is 353 g/mol. The number of H-pyrrole nitrogens is 1. The van der Waals surface area contributed by atoms with Gasteiger partial charge in [0.15, 0.2) is 0 Å². The van der Waals surface area contributed by atoms with Gasteiger partial charge in [-0.1, -0.05) is 49.6 Å². The Kier molecular flexibility index (Phi) is 5.60. The van der Waals surface area contributed by atoms with E-state index in [9.17, 15) is 9.18 Å². The lowest BCUT2D eigenvalue weighted by atomic mass is 9.91. The van der Waals surface area contributed by atoms with Crippen molar-refractivity contribution < 1.29 is 9.18 Å². The van der Waals surface area contributed by atoms with E-state index in [-0.39, 0.29) is 23.8 Å². The summed E-state index contributed by atoms with van der Waals surface area (Å²) in [6, 6.07) is 14.8. The molecule has 2 amide bonds. The van der Waals surface area contributed by atoms with E-state index in [2.05, 4.69) is 21.7 Å². The fourth-order valence-corrected chi connectivity index (χ4v) is 4.16. The monoisotopic (exact) mass is 379 g/mol. The minimum atomic E-state index is -0.260. The molecule has 1 saturated carbocycles. The topological polar surface area (TPSA) is 56.9 Å². The van der Waals surface area contributed by atoms with E-state index < -0.39 is 0 Å². The first kappa shape index (κ1) is 18.5. The van der Waals surface area contributed by atoms with Gasteiger partial charge in [-0.3, -0.25) is 0 Å². The molecule has 1 heterocycles. The number of aromatic amines is 1. The van der Waals surface area contributed by atoms with Gasteiger partial charge in [-0.15, -0.1) is 0 Å². The smallest absolute Gasteiger partial charge is 0.315 e. The average molecular weight is 379 g/mol. The minimum absolute atomic E-state index is 0.0612. The molecular formula is C23H26FN3O. The van der Waals surface area contributed by atoms with Crippen LogP contribution in [0.15, 0.2) is 54.7 Å². The lowest BCUT2D eigenvalue weighted by molar-refractivity contribution is 0.232. The minimum Gasteiger partial charge on any atom is -0.361 e. The van der Waals surface area contributed by atoms with Gasteiger partial charge < -0.3 is 15.6 Å². The molecule has 146 valence electrons. The summed E-state index contributed by atoms with van der Waals surface area (Å²) in [5.74, 6) is -0.321. The van der Waals surface area contributed by atoms with E-state index in [1.807, 2.05) is 24.4 Å². The van der Waals surface area contributed by atoms with Crippen LogP contribution in [0.5, 0.6) is 0 Å². The predicted octanol–water partition coefficient (Wildman–Crippen LogP) is 5.07. The maximum absolute atomic E-state index is 13.4. The van der Waals surface area contributed by atoms with Crippen LogP contribution < -0.4 is 10.6 Å². The van der Waals surface area contributed by atoms with Gasteiger partial charge in [0.05, 0.1) is 0 Å². The lowest BCUT2D eigenvalue weighted by Gasteiger charge is -2.24. The molecule has 2 aromatic carbocycles. The van der Waals surface area contributed by atoms with Crippen LogP contribution >= 0.6 is 0 Å². The summed E-state index contributed by atoms with van der Waals surface area (Å²) in [7, 11) is 0. The SMILES string of the molecule is O=C(NCC(c1ccc(F)cc1)c1c[nH]c2ccccc12)NC1CCCCC1. The molecule has 0 bridgehead atoms. The molecule has 5 heteroatoms. The number of aromatic nitrogens is 1. The Balaban J connectivity index is 1.53. The summed E-state index contributed by atoms with van der Waals surface area (Å²) in [5.41, 5.74) is 3.13. The Hall–Kier alpha value is -2.82. The number of urea groups is 1. The number of rotatable bonds is 5. The zero-order valence-corrected chi connectivity index (χ0v) is 15.9. The molecule has 3 N–H and O–H groups in total. The second-order valence-corrected chi connectivity index (χ2v) is 7.58. The number of benzene rings is 2. The predicted molar refractivity (Wildman–Crippen MR) is 110 cm³/mol. The molecule has 1 unspecified atom stereocenters. The van der Waals surface area contributed by atoms with E-state index in [1.54, 1.807) is 12.1 Å². The van der Waals surface area contributed by atoms with Crippen molar-refractivity contribution in [3.63, 3.8) is 0 Å². The van der Waals surface area contributed by atoms with Crippen molar-refractivity contribution >= 4 is 16.9 Å². The summed E-state index contributed by atoms with van der Waals surface area (Å²) in [5, 5.41) is 7.25. The van der Waals surface area contributed by atoms with Gasteiger partial charge >= 0.3 is 6.03 Å². The molecule has 0 spiro atoms. The van der Waals surface area contributed by atoms with E-state index in [4.69, 9.17) is 0 Å². The third-order valence-corrected chi connectivity index (χ3v) is 5.68. The highest BCUT2D eigenvalue weighted by Crippen LogP contribution is 2.30. The Bertz CT molecular complexity index is 928. The van der Waals surface area contributed by atoms with Crippen LogP contribution in [0.1, 0.15) is 49.1 Å². The second-order valence-electron chi connectivity index (χ2n) is 7.58. The largest absolute Gasteiger partial charge is 0.361 e. The Morgan fingerprint density at radius 2 is 1.82 bits per heavy atom. The number of carbonyl (C=O) groups excluding carboxylic acids is 1. The number of fused-ring (bicyclic) bond motifs is 1. The number of carbonyl (C=O) groups is 1. The third kappa shape index (κ3) is 4.19. The summed E-state index contributed by atoms with van der Waals surface area (Å²) in [6.07, 6.45) is 7.71. The van der Waals surface area contributed by atoms with Gasteiger partial charge in [0.25, 0.3) is 0 Å². The molecule has 4 nitrogen and oxygen atoms in total. The molecule has 4 rings (SSSR count). The lowest BCUT2D eigenvalue weighted by Crippen LogP contribution is -2.44. The van der Waals surface area contributed by atoms with Crippen molar-refractivity contribution in [3.05, 3.63) is 71.7 Å². The number of amides is 2. The van der Waals surface area contributed by atoms with Crippen molar-refractivity contribution in [1.82, 2.24) is 15.6 Å². The van der Waals surface area contributed by atoms with Crippen LogP contribution in [-0.2, 0) is 0 Å². The van der Waals surface area contributed by atoms with Crippen LogP contribution in [0.2, 0.25) is 0 Å². The number of hydrogen-bond acceptors (Lipinski definition) is 1. The Labute approximate surface area is 164 Å². The summed E-state index contributed by atoms with van der Waals surface area (Å²) < 4.78 is 13.4. The number of para-hydroxylation sites is 1. The maximum Gasteiger partial charge on any atom is 0.315 e. The van der Waals surface area contributed by atoms with Crippen molar-refractivity contribution in [2.24, 2.45) is 0 Å². The first-order valence-corrected chi connectivity index (χ1v) is 10.1. The molecule has 1 aromatic heterocycles. The highest BCUT2D eigenvalue weighted by Gasteiger charge is 2.20. The molecule has 0 radical (unpaired) electrons. The highest BCUT2D eigenvalue weighted by atomic mass is 19.1. The van der Waals surface area contributed by atoms with Gasteiger partial charge in [-0.25, -0.2) is 9.18 Å². The first-order chi connectivity index (χ1) is 13.7. The van der Waals surface area contributed by atoms with Crippen LogP contribution in [-0.4, -0.2) is 23.6 Å². The van der Waals surface area contributed by atoms with Gasteiger partial charge in [-0.2, -0.15) is 0 Å². The van der Waals surface area contributed by atoms with Crippen LogP contribution in [0, 0.1) is 5.82 Å². The van der Waals surface area contributed by atoms with E-state index in [0.717, 1.165) is 34.9 Å². The van der Waals surface area contributed by atoms with Crippen LogP contribution in [0.25, 0.3) is 10.9 Å². The fourth-order valence-electron chi connectivity index (χ4n) is 4.16. The van der Waals surface area contributed by atoms with E-state index in [0.29, 0.717) is 6.54 Å². The molecule has 1 aliphatic carbocycles. The van der Waals surface area contributed by atoms with E-state index >= 15 is 0 Å². The molecule has 0 aliphatic heterocycles. The fraction of sp³-hybridized carbons (Fsp3) is 0.348. The number of hydrogen-bond donors (Lipinski definition) is 3. The van der Waals surface area contributed by atoms with Gasteiger partial charge in [0, 0.05) is 35.6 Å². The number of halogens is 1. The molecule has 1 fully saturated rings. The summed E-state index contributed by atoms with van der Waals surface area (Å²) in [4.78, 5) is 15.7. The molecule has 1 atom stereocenters. The second kappa shape index (κ2) is 8.46. The van der Waals surface area contributed by atoms with Crippen LogP contribution in [0.3, 0.4) is 0 Å². The zero-order valence-electron chi connectivity index (χ0n) is 15.9. The van der Waals surface area contributed by atoms with Crippen LogP contribution in [0.4, 0.5) is 9.18 Å². The maximum atomic E-state index is 13.4. The van der Waals surface area contributed by atoms with Gasteiger partial charge in [0.2, 0.25) is 0 Å². The van der Waals surface area contributed by atoms with Crippen molar-refractivity contribution in [2.45, 2.75) is 44.1 Å². The normalized spacial score (nSPS) is 16.0. The number of nitrogens with one attached hydrogen (secondary N) is 3. The average Bonchev–Trinajstić information content (AvgIpc) is 3.14. The Morgan fingerprint density at radius 1 is 1.07 bits per heavy atom. The molecule has 1 aliphatic rings. The third-order valence-electron chi connectivity index (χ3n) is 5.68. The molecule has 28 heavy (non-hydrogen) atoms. The van der Waals surface area contributed by atoms with Gasteiger partial charge in [-0.05, 0) is 42.2 Å². The van der Waals surface area contributed by atoms with Crippen molar-refractivity contribution in [3.8, 4) is 0 Å². The quantitative estimate of drug-likeness (QED) is 0.569. The molecule has 3 aromatic rings. The van der Waals surface area contributed by atoms with E-state index in [1.165, 1.54) is 31.4 Å². The van der Waals surface area contributed by atoms with Crippen molar-refractivity contribution in [2.75, 3.05) is 6.54 Å². The standard InChI is InChI=1S/C23H26FN3O/c24-17-12-10-16(11-13-17)20(21-15-25-22-9-5-4-8-19(21)22)14-26-23(28)27-18-6-2-1-3-7-18/h4-5,8-13,15,18,20,25H,1-3,6-7,14H2,(H2,26,27,28). The zero-order chi connectivity index (χ0) is 19.3. The Morgan fingerprint density at radius 3 is 2.61 bits per heavy atom. The highest BCUT2D eigenvalue weighted by molar-refractivity contribution is 5.84. The molecule has 0 saturated heterocycles. The summed E-state index contributed by atoms with van der Waals surface area (Å²) >= 11 is 0. The van der Waals surface area contributed by atoms with Gasteiger partial charge in [0.1, 0.15) is 5.82 Å². The summed E-state index contributed by atoms with van der Waals surface area (Å²) in [6.45, 7) is 0.450. The van der Waals surface area contributed by atoms with Crippen molar-refractivity contribution in [1.29, 1.82) is 0 Å². The first-order valence-electron chi connectivity index (χ1n) is 10.1.